The van der Waals surface area contributed by atoms with Gasteiger partial charge in [-0.15, -0.1) is 6.58 Å². The molecule has 1 rings (SSSR count). The Morgan fingerprint density at radius 3 is 2.64 bits per heavy atom. The summed E-state index contributed by atoms with van der Waals surface area (Å²) in [5.74, 6) is 0. The zero-order chi connectivity index (χ0) is 10.4. The Labute approximate surface area is 87.4 Å². The van der Waals surface area contributed by atoms with E-state index in [2.05, 4.69) is 18.8 Å². The van der Waals surface area contributed by atoms with Gasteiger partial charge in [0.15, 0.2) is 0 Å². The second-order valence-electron chi connectivity index (χ2n) is 4.45. The normalized spacial score (nSPS) is 32.9. The van der Waals surface area contributed by atoms with Gasteiger partial charge in [-0.1, -0.05) is 13.0 Å². The Balaban J connectivity index is 2.26. The van der Waals surface area contributed by atoms with Crippen molar-refractivity contribution in [3.8, 4) is 0 Å². The van der Waals surface area contributed by atoms with E-state index in [9.17, 15) is 5.11 Å². The first kappa shape index (κ1) is 11.7. The van der Waals surface area contributed by atoms with Crippen LogP contribution in [0.4, 0.5) is 0 Å². The average Bonchev–Trinajstić information content (AvgIpc) is 2.17. The van der Waals surface area contributed by atoms with Crippen LogP contribution < -0.4 is 5.32 Å². The summed E-state index contributed by atoms with van der Waals surface area (Å²) in [4.78, 5) is 0. The zero-order valence-corrected chi connectivity index (χ0v) is 9.26. The van der Waals surface area contributed by atoms with Gasteiger partial charge in [0.25, 0.3) is 0 Å². The molecule has 0 radical (unpaired) electrons. The van der Waals surface area contributed by atoms with Crippen molar-refractivity contribution in [3.05, 3.63) is 12.7 Å². The summed E-state index contributed by atoms with van der Waals surface area (Å²) >= 11 is 0. The quantitative estimate of drug-likeness (QED) is 0.662. The van der Waals surface area contributed by atoms with Crippen LogP contribution in [0.25, 0.3) is 0 Å². The molecule has 1 aliphatic carbocycles. The van der Waals surface area contributed by atoms with Crippen LogP contribution in [-0.2, 0) is 0 Å². The molecule has 1 fully saturated rings. The van der Waals surface area contributed by atoms with Crippen molar-refractivity contribution in [2.24, 2.45) is 0 Å². The molecule has 2 N–H and O–H groups in total. The van der Waals surface area contributed by atoms with Crippen molar-refractivity contribution in [1.82, 2.24) is 5.32 Å². The summed E-state index contributed by atoms with van der Waals surface area (Å²) in [6.45, 7) is 6.98. The van der Waals surface area contributed by atoms with Gasteiger partial charge >= 0.3 is 0 Å². The molecule has 1 saturated carbocycles. The van der Waals surface area contributed by atoms with Crippen LogP contribution >= 0.6 is 0 Å². The fourth-order valence-corrected chi connectivity index (χ4v) is 2.18. The molecule has 0 spiro atoms. The number of aliphatic hydroxyl groups is 1. The van der Waals surface area contributed by atoms with E-state index < -0.39 is 5.60 Å². The molecule has 0 unspecified atom stereocenters. The van der Waals surface area contributed by atoms with Crippen molar-refractivity contribution in [2.45, 2.75) is 57.1 Å². The Kier molecular flexibility index (Phi) is 4.63. The van der Waals surface area contributed by atoms with Gasteiger partial charge in [-0.2, -0.15) is 0 Å². The van der Waals surface area contributed by atoms with Crippen LogP contribution in [0.5, 0.6) is 0 Å². The Bertz CT molecular complexity index is 171. The molecule has 0 atom stereocenters. The molecule has 14 heavy (non-hydrogen) atoms. The van der Waals surface area contributed by atoms with Gasteiger partial charge in [-0.25, -0.2) is 0 Å². The van der Waals surface area contributed by atoms with Gasteiger partial charge in [0.1, 0.15) is 0 Å². The standard InChI is InChI=1S/C12H23NO/c1-3-7-12(14)8-5-11(6-9-12)13-10-4-2/h3,11,13-14H,1,4-10H2,2H3. The molecule has 82 valence electrons. The summed E-state index contributed by atoms with van der Waals surface area (Å²) in [7, 11) is 0. The molecule has 0 heterocycles. The maximum Gasteiger partial charge on any atom is 0.0683 e. The van der Waals surface area contributed by atoms with Crippen molar-refractivity contribution in [1.29, 1.82) is 0 Å². The van der Waals surface area contributed by atoms with E-state index in [0.717, 1.165) is 38.6 Å². The average molecular weight is 197 g/mol. The molecule has 1 aliphatic rings. The van der Waals surface area contributed by atoms with Crippen molar-refractivity contribution in [3.63, 3.8) is 0 Å². The first-order valence-corrected chi connectivity index (χ1v) is 5.77. The second-order valence-corrected chi connectivity index (χ2v) is 4.45. The predicted octanol–water partition coefficient (Wildman–Crippen LogP) is 2.24. The highest BCUT2D eigenvalue weighted by molar-refractivity contribution is 4.92. The van der Waals surface area contributed by atoms with Gasteiger partial charge in [0.2, 0.25) is 0 Å². The number of hydrogen-bond donors (Lipinski definition) is 2. The van der Waals surface area contributed by atoms with Gasteiger partial charge in [0, 0.05) is 6.04 Å². The minimum absolute atomic E-state index is 0.452. The molecule has 0 aromatic rings. The third kappa shape index (κ3) is 3.43. The summed E-state index contributed by atoms with van der Waals surface area (Å²) in [6.07, 6.45) is 7.80. The van der Waals surface area contributed by atoms with Gasteiger partial charge < -0.3 is 10.4 Å². The fraction of sp³-hybridized carbons (Fsp3) is 0.833. The third-order valence-corrected chi connectivity index (χ3v) is 3.12. The molecular formula is C12H23NO. The van der Waals surface area contributed by atoms with Crippen LogP contribution in [0.1, 0.15) is 45.4 Å². The van der Waals surface area contributed by atoms with E-state index in [1.807, 2.05) is 6.08 Å². The summed E-state index contributed by atoms with van der Waals surface area (Å²) in [6, 6.07) is 0.625. The summed E-state index contributed by atoms with van der Waals surface area (Å²) in [5, 5.41) is 13.6. The lowest BCUT2D eigenvalue weighted by Crippen LogP contribution is -2.41. The van der Waals surface area contributed by atoms with Crippen LogP contribution in [0, 0.1) is 0 Å². The number of rotatable bonds is 5. The molecule has 2 heteroatoms. The Morgan fingerprint density at radius 1 is 1.50 bits per heavy atom. The number of nitrogens with one attached hydrogen (secondary N) is 1. The molecule has 0 bridgehead atoms. The molecule has 0 amide bonds. The van der Waals surface area contributed by atoms with Crippen molar-refractivity contribution < 1.29 is 5.11 Å². The van der Waals surface area contributed by atoms with Gasteiger partial charge in [-0.3, -0.25) is 0 Å². The van der Waals surface area contributed by atoms with Crippen molar-refractivity contribution >= 4 is 0 Å². The molecule has 2 nitrogen and oxygen atoms in total. The first-order valence-electron chi connectivity index (χ1n) is 5.77. The van der Waals surface area contributed by atoms with E-state index >= 15 is 0 Å². The topological polar surface area (TPSA) is 32.3 Å². The van der Waals surface area contributed by atoms with Crippen molar-refractivity contribution in [2.75, 3.05) is 6.54 Å². The lowest BCUT2D eigenvalue weighted by molar-refractivity contribution is -0.000626. The minimum Gasteiger partial charge on any atom is -0.390 e. The van der Waals surface area contributed by atoms with Crippen LogP contribution in [0.15, 0.2) is 12.7 Å². The van der Waals surface area contributed by atoms with E-state index in [-0.39, 0.29) is 0 Å². The van der Waals surface area contributed by atoms with Crippen LogP contribution in [-0.4, -0.2) is 23.3 Å². The van der Waals surface area contributed by atoms with Gasteiger partial charge in [-0.05, 0) is 45.1 Å². The summed E-state index contributed by atoms with van der Waals surface area (Å²) < 4.78 is 0. The second kappa shape index (κ2) is 5.52. The lowest BCUT2D eigenvalue weighted by Gasteiger charge is -2.35. The fourth-order valence-electron chi connectivity index (χ4n) is 2.18. The van der Waals surface area contributed by atoms with Crippen LogP contribution in [0.2, 0.25) is 0 Å². The highest BCUT2D eigenvalue weighted by Crippen LogP contribution is 2.31. The van der Waals surface area contributed by atoms with Gasteiger partial charge in [0.05, 0.1) is 5.60 Å². The molecule has 0 saturated heterocycles. The Hall–Kier alpha value is -0.340. The van der Waals surface area contributed by atoms with E-state index in [1.54, 1.807) is 0 Å². The Morgan fingerprint density at radius 2 is 2.14 bits per heavy atom. The molecular weight excluding hydrogens is 174 g/mol. The van der Waals surface area contributed by atoms with E-state index in [4.69, 9.17) is 0 Å². The van der Waals surface area contributed by atoms with E-state index in [1.165, 1.54) is 6.42 Å². The monoisotopic (exact) mass is 197 g/mol. The van der Waals surface area contributed by atoms with Crippen LogP contribution in [0.3, 0.4) is 0 Å². The third-order valence-electron chi connectivity index (χ3n) is 3.12. The maximum atomic E-state index is 10.1. The SMILES string of the molecule is C=CCC1(O)CCC(NCCC)CC1. The maximum absolute atomic E-state index is 10.1. The molecule has 0 aromatic carbocycles. The zero-order valence-electron chi connectivity index (χ0n) is 9.26. The highest BCUT2D eigenvalue weighted by atomic mass is 16.3. The largest absolute Gasteiger partial charge is 0.390 e. The highest BCUT2D eigenvalue weighted by Gasteiger charge is 2.31. The molecule has 0 aliphatic heterocycles. The molecule has 0 aromatic heterocycles. The smallest absolute Gasteiger partial charge is 0.0683 e. The van der Waals surface area contributed by atoms with E-state index in [0.29, 0.717) is 6.04 Å². The summed E-state index contributed by atoms with van der Waals surface area (Å²) in [5.41, 5.74) is -0.452. The number of hydrogen-bond acceptors (Lipinski definition) is 2. The predicted molar refractivity (Wildman–Crippen MR) is 60.3 cm³/mol. The first-order chi connectivity index (χ1) is 6.70. The lowest BCUT2D eigenvalue weighted by atomic mass is 9.80. The minimum atomic E-state index is -0.452.